The Bertz CT molecular complexity index is 605. The molecule has 134 valence electrons. The SMILES string of the molecule is CCOc1cccc([C@@H](c2cccs2)N2CCNCC2)c1O.Cl.Cl. The Balaban J connectivity index is 0.00000144. The topological polar surface area (TPSA) is 44.7 Å². The average molecular weight is 391 g/mol. The molecular weight excluding hydrogens is 367 g/mol. The Morgan fingerprint density at radius 1 is 1.21 bits per heavy atom. The van der Waals surface area contributed by atoms with E-state index in [0.717, 1.165) is 31.7 Å². The van der Waals surface area contributed by atoms with Crippen molar-refractivity contribution in [1.29, 1.82) is 0 Å². The third-order valence-corrected chi connectivity index (χ3v) is 4.88. The van der Waals surface area contributed by atoms with E-state index in [1.54, 1.807) is 11.3 Å². The Morgan fingerprint density at radius 3 is 2.58 bits per heavy atom. The highest BCUT2D eigenvalue weighted by Crippen LogP contribution is 2.40. The summed E-state index contributed by atoms with van der Waals surface area (Å²) in [5, 5.41) is 16.1. The van der Waals surface area contributed by atoms with Gasteiger partial charge in [0.05, 0.1) is 12.6 Å². The molecule has 1 saturated heterocycles. The number of ether oxygens (including phenoxy) is 1. The van der Waals surface area contributed by atoms with E-state index in [4.69, 9.17) is 4.74 Å². The van der Waals surface area contributed by atoms with Gasteiger partial charge in [-0.25, -0.2) is 0 Å². The normalized spacial score (nSPS) is 15.9. The standard InChI is InChI=1S/C17H22N2O2S.2ClH/c1-2-21-14-6-3-5-13(17(14)20)16(15-7-4-12-22-15)19-10-8-18-9-11-19;;/h3-7,12,16,18,20H,2,8-11H2,1H3;2*1H/t16-;;/m0../s1. The summed E-state index contributed by atoms with van der Waals surface area (Å²) in [6.07, 6.45) is 0. The van der Waals surface area contributed by atoms with Gasteiger partial charge in [-0.05, 0) is 24.4 Å². The first-order valence-corrected chi connectivity index (χ1v) is 8.62. The predicted octanol–water partition coefficient (Wildman–Crippen LogP) is 3.69. The lowest BCUT2D eigenvalue weighted by Crippen LogP contribution is -2.45. The van der Waals surface area contributed by atoms with Gasteiger partial charge in [-0.15, -0.1) is 36.2 Å². The van der Waals surface area contributed by atoms with Gasteiger partial charge in [0, 0.05) is 36.6 Å². The second-order valence-electron chi connectivity index (χ2n) is 5.33. The molecule has 0 bridgehead atoms. The van der Waals surface area contributed by atoms with Crippen LogP contribution < -0.4 is 10.1 Å². The lowest BCUT2D eigenvalue weighted by atomic mass is 10.0. The number of phenols is 1. The molecule has 2 N–H and O–H groups in total. The van der Waals surface area contributed by atoms with E-state index < -0.39 is 0 Å². The minimum absolute atomic E-state index is 0. The van der Waals surface area contributed by atoms with Crippen molar-refractivity contribution in [2.75, 3.05) is 32.8 Å². The van der Waals surface area contributed by atoms with Gasteiger partial charge in [-0.1, -0.05) is 18.2 Å². The van der Waals surface area contributed by atoms with E-state index in [-0.39, 0.29) is 36.6 Å². The van der Waals surface area contributed by atoms with Crippen molar-refractivity contribution in [2.24, 2.45) is 0 Å². The number of halogens is 2. The summed E-state index contributed by atoms with van der Waals surface area (Å²) in [5.41, 5.74) is 0.926. The molecule has 1 aliphatic rings. The maximum Gasteiger partial charge on any atom is 0.162 e. The van der Waals surface area contributed by atoms with Crippen LogP contribution >= 0.6 is 36.2 Å². The van der Waals surface area contributed by atoms with Gasteiger partial charge < -0.3 is 15.2 Å². The molecule has 3 rings (SSSR count). The molecule has 4 nitrogen and oxygen atoms in total. The number of aromatic hydroxyl groups is 1. The van der Waals surface area contributed by atoms with Crippen LogP contribution in [0.25, 0.3) is 0 Å². The number of rotatable bonds is 5. The fourth-order valence-corrected chi connectivity index (χ4v) is 3.83. The van der Waals surface area contributed by atoms with Gasteiger partial charge in [0.1, 0.15) is 0 Å². The molecule has 1 atom stereocenters. The fourth-order valence-electron chi connectivity index (χ4n) is 2.95. The first-order chi connectivity index (χ1) is 10.8. The molecule has 1 aromatic heterocycles. The summed E-state index contributed by atoms with van der Waals surface area (Å²) >= 11 is 1.73. The number of phenolic OH excluding ortho intramolecular Hbond substituents is 1. The molecule has 0 aliphatic carbocycles. The van der Waals surface area contributed by atoms with E-state index >= 15 is 0 Å². The van der Waals surface area contributed by atoms with E-state index in [9.17, 15) is 5.11 Å². The van der Waals surface area contributed by atoms with Crippen molar-refractivity contribution < 1.29 is 9.84 Å². The van der Waals surface area contributed by atoms with Crippen LogP contribution in [0.4, 0.5) is 0 Å². The lowest BCUT2D eigenvalue weighted by molar-refractivity contribution is 0.197. The average Bonchev–Trinajstić information content (AvgIpc) is 3.06. The zero-order valence-corrected chi connectivity index (χ0v) is 16.1. The van der Waals surface area contributed by atoms with E-state index in [1.807, 2.05) is 25.1 Å². The van der Waals surface area contributed by atoms with Gasteiger partial charge in [0.2, 0.25) is 0 Å². The molecule has 2 heterocycles. The van der Waals surface area contributed by atoms with Crippen molar-refractivity contribution in [1.82, 2.24) is 10.2 Å². The number of benzene rings is 1. The number of piperazine rings is 1. The molecule has 1 aliphatic heterocycles. The largest absolute Gasteiger partial charge is 0.504 e. The number of nitrogens with one attached hydrogen (secondary N) is 1. The summed E-state index contributed by atoms with van der Waals surface area (Å²) in [4.78, 5) is 3.68. The third-order valence-electron chi connectivity index (χ3n) is 3.95. The van der Waals surface area contributed by atoms with E-state index in [2.05, 4.69) is 27.7 Å². The first-order valence-electron chi connectivity index (χ1n) is 7.74. The van der Waals surface area contributed by atoms with Crippen LogP contribution in [0.5, 0.6) is 11.5 Å². The number of para-hydroxylation sites is 1. The molecule has 1 aromatic carbocycles. The van der Waals surface area contributed by atoms with Gasteiger partial charge >= 0.3 is 0 Å². The Kier molecular flexibility index (Phi) is 8.87. The predicted molar refractivity (Wildman–Crippen MR) is 104 cm³/mol. The number of hydrogen-bond donors (Lipinski definition) is 2. The lowest BCUT2D eigenvalue weighted by Gasteiger charge is -2.35. The first kappa shape index (κ1) is 21.1. The number of thiophene rings is 1. The van der Waals surface area contributed by atoms with Gasteiger partial charge in [0.15, 0.2) is 11.5 Å². The van der Waals surface area contributed by atoms with Crippen molar-refractivity contribution in [3.05, 3.63) is 46.2 Å². The van der Waals surface area contributed by atoms with Crippen LogP contribution in [0.15, 0.2) is 35.7 Å². The quantitative estimate of drug-likeness (QED) is 0.816. The van der Waals surface area contributed by atoms with E-state index in [1.165, 1.54) is 4.88 Å². The Hall–Kier alpha value is -0.980. The summed E-state index contributed by atoms with van der Waals surface area (Å²) in [5.74, 6) is 0.831. The smallest absolute Gasteiger partial charge is 0.162 e. The van der Waals surface area contributed by atoms with Gasteiger partial charge in [-0.2, -0.15) is 0 Å². The monoisotopic (exact) mass is 390 g/mol. The van der Waals surface area contributed by atoms with Crippen molar-refractivity contribution in [2.45, 2.75) is 13.0 Å². The van der Waals surface area contributed by atoms with Crippen molar-refractivity contribution >= 4 is 36.2 Å². The molecule has 7 heteroatoms. The second-order valence-corrected chi connectivity index (χ2v) is 6.31. The molecule has 2 aromatic rings. The highest BCUT2D eigenvalue weighted by molar-refractivity contribution is 7.10. The van der Waals surface area contributed by atoms with Crippen molar-refractivity contribution in [3.8, 4) is 11.5 Å². The Labute approximate surface area is 159 Å². The third kappa shape index (κ3) is 4.55. The van der Waals surface area contributed by atoms with Gasteiger partial charge in [-0.3, -0.25) is 4.90 Å². The Morgan fingerprint density at radius 2 is 1.96 bits per heavy atom. The molecule has 0 amide bonds. The minimum atomic E-state index is 0. The molecule has 0 radical (unpaired) electrons. The van der Waals surface area contributed by atoms with Crippen molar-refractivity contribution in [3.63, 3.8) is 0 Å². The molecule has 1 fully saturated rings. The molecule has 0 saturated carbocycles. The highest BCUT2D eigenvalue weighted by Gasteiger charge is 2.27. The number of nitrogens with zero attached hydrogens (tertiary/aromatic N) is 1. The fraction of sp³-hybridized carbons (Fsp3) is 0.412. The van der Waals surface area contributed by atoms with Crippen LogP contribution in [-0.4, -0.2) is 42.8 Å². The summed E-state index contributed by atoms with van der Waals surface area (Å²) in [6.45, 7) is 6.39. The van der Waals surface area contributed by atoms with Crippen LogP contribution in [-0.2, 0) is 0 Å². The minimum Gasteiger partial charge on any atom is -0.504 e. The highest BCUT2D eigenvalue weighted by atomic mass is 35.5. The maximum absolute atomic E-state index is 10.7. The molecule has 24 heavy (non-hydrogen) atoms. The zero-order chi connectivity index (χ0) is 15.4. The zero-order valence-electron chi connectivity index (χ0n) is 13.6. The summed E-state index contributed by atoms with van der Waals surface area (Å²) in [6, 6.07) is 10.1. The second kappa shape index (κ2) is 10.1. The van der Waals surface area contributed by atoms with Crippen LogP contribution in [0.1, 0.15) is 23.4 Å². The van der Waals surface area contributed by atoms with E-state index in [0.29, 0.717) is 12.4 Å². The molecular formula is C17H24Cl2N2O2S. The van der Waals surface area contributed by atoms with Gasteiger partial charge in [0.25, 0.3) is 0 Å². The molecule has 0 unspecified atom stereocenters. The van der Waals surface area contributed by atoms with Crippen LogP contribution in [0, 0.1) is 0 Å². The number of hydrogen-bond acceptors (Lipinski definition) is 5. The molecule has 0 spiro atoms. The maximum atomic E-state index is 10.7. The summed E-state index contributed by atoms with van der Waals surface area (Å²) < 4.78 is 5.55. The van der Waals surface area contributed by atoms with Crippen LogP contribution in [0.2, 0.25) is 0 Å². The van der Waals surface area contributed by atoms with Crippen LogP contribution in [0.3, 0.4) is 0 Å². The summed E-state index contributed by atoms with van der Waals surface area (Å²) in [7, 11) is 0.